The van der Waals surface area contributed by atoms with Gasteiger partial charge in [0, 0.05) is 37.7 Å². The van der Waals surface area contributed by atoms with Crippen LogP contribution in [0.4, 0.5) is 16.3 Å². The van der Waals surface area contributed by atoms with Gasteiger partial charge in [-0.05, 0) is 50.5 Å². The number of amides is 1. The summed E-state index contributed by atoms with van der Waals surface area (Å²) in [6.07, 6.45) is 2.88. The van der Waals surface area contributed by atoms with Crippen LogP contribution < -0.4 is 10.1 Å². The summed E-state index contributed by atoms with van der Waals surface area (Å²) in [5.74, 6) is 1.16. The van der Waals surface area contributed by atoms with Crippen molar-refractivity contribution in [1.82, 2.24) is 14.9 Å². The van der Waals surface area contributed by atoms with Gasteiger partial charge in [-0.3, -0.25) is 0 Å². The molecular formula is C26H31N5O5. The molecule has 3 aliphatic rings. The number of nitrogens with zero attached hydrogens (tertiary/aromatic N) is 4. The number of hydrogen-bond acceptors (Lipinski definition) is 9. The maximum atomic E-state index is 12.7. The van der Waals surface area contributed by atoms with E-state index in [9.17, 15) is 4.79 Å². The second-order valence-electron chi connectivity index (χ2n) is 9.91. The predicted molar refractivity (Wildman–Crippen MR) is 130 cm³/mol. The van der Waals surface area contributed by atoms with Crippen LogP contribution in [0.1, 0.15) is 29.5 Å². The number of nitrogens with one attached hydrogen (secondary N) is 1. The lowest BCUT2D eigenvalue weighted by Crippen LogP contribution is -2.58. The van der Waals surface area contributed by atoms with Crippen LogP contribution in [0.25, 0.3) is 0 Å². The number of likely N-dealkylation sites (tertiary alicyclic amines) is 1. The Morgan fingerprint density at radius 2 is 2.00 bits per heavy atom. The number of ether oxygens (including phenoxy) is 4. The van der Waals surface area contributed by atoms with E-state index >= 15 is 0 Å². The van der Waals surface area contributed by atoms with Gasteiger partial charge in [0.2, 0.25) is 5.88 Å². The zero-order chi connectivity index (χ0) is 25.3. The smallest absolute Gasteiger partial charge is 0.409 e. The summed E-state index contributed by atoms with van der Waals surface area (Å²) in [4.78, 5) is 23.3. The molecule has 1 N–H and O–H groups in total. The van der Waals surface area contributed by atoms with Crippen molar-refractivity contribution in [2.75, 3.05) is 45.3 Å². The van der Waals surface area contributed by atoms with Gasteiger partial charge in [-0.25, -0.2) is 14.8 Å². The first-order chi connectivity index (χ1) is 17.4. The van der Waals surface area contributed by atoms with Gasteiger partial charge < -0.3 is 29.2 Å². The van der Waals surface area contributed by atoms with Crippen molar-refractivity contribution in [2.45, 2.75) is 38.4 Å². The zero-order valence-electron chi connectivity index (χ0n) is 20.8. The Morgan fingerprint density at radius 1 is 1.25 bits per heavy atom. The second kappa shape index (κ2) is 9.91. The van der Waals surface area contributed by atoms with Gasteiger partial charge in [0.1, 0.15) is 30.5 Å². The molecule has 0 spiro atoms. The Kier molecular flexibility index (Phi) is 6.69. The van der Waals surface area contributed by atoms with Crippen LogP contribution in [0.5, 0.6) is 5.88 Å². The highest BCUT2D eigenvalue weighted by atomic mass is 16.6. The number of benzene rings is 1. The van der Waals surface area contributed by atoms with Gasteiger partial charge >= 0.3 is 6.09 Å². The molecule has 10 nitrogen and oxygen atoms in total. The first-order valence-corrected chi connectivity index (χ1v) is 12.2. The first kappa shape index (κ1) is 24.3. The summed E-state index contributed by atoms with van der Waals surface area (Å²) in [7, 11) is 1.66. The number of nitriles is 1. The van der Waals surface area contributed by atoms with E-state index in [0.717, 1.165) is 29.7 Å². The third kappa shape index (κ3) is 4.94. The van der Waals surface area contributed by atoms with E-state index in [1.807, 2.05) is 26.0 Å². The van der Waals surface area contributed by atoms with E-state index in [1.54, 1.807) is 18.1 Å². The average molecular weight is 494 g/mol. The van der Waals surface area contributed by atoms with E-state index in [4.69, 9.17) is 24.2 Å². The highest BCUT2D eigenvalue weighted by molar-refractivity contribution is 5.68. The quantitative estimate of drug-likeness (QED) is 0.619. The Balaban J connectivity index is 1.26. The van der Waals surface area contributed by atoms with E-state index in [2.05, 4.69) is 21.4 Å². The molecule has 3 heterocycles. The van der Waals surface area contributed by atoms with Crippen LogP contribution >= 0.6 is 0 Å². The number of fused-ring (bicyclic) bond motifs is 2. The molecule has 1 aromatic carbocycles. The minimum Gasteiger partial charge on any atom is -0.473 e. The van der Waals surface area contributed by atoms with Crippen LogP contribution in [0.2, 0.25) is 0 Å². The van der Waals surface area contributed by atoms with E-state index in [0.29, 0.717) is 50.2 Å². The van der Waals surface area contributed by atoms with Crippen LogP contribution in [-0.2, 0) is 14.2 Å². The molecule has 1 aliphatic carbocycles. The molecule has 0 radical (unpaired) electrons. The Bertz CT molecular complexity index is 1160. The minimum absolute atomic E-state index is 0.00825. The highest BCUT2D eigenvalue weighted by Crippen LogP contribution is 2.39. The minimum atomic E-state index is -0.309. The summed E-state index contributed by atoms with van der Waals surface area (Å²) >= 11 is 0. The van der Waals surface area contributed by atoms with E-state index in [-0.39, 0.29) is 29.6 Å². The van der Waals surface area contributed by atoms with Gasteiger partial charge in [-0.1, -0.05) is 0 Å². The lowest BCUT2D eigenvalue weighted by atomic mass is 9.84. The van der Waals surface area contributed by atoms with Gasteiger partial charge in [-0.2, -0.15) is 5.26 Å². The van der Waals surface area contributed by atoms with Crippen molar-refractivity contribution in [3.05, 3.63) is 41.2 Å². The van der Waals surface area contributed by atoms with Gasteiger partial charge in [0.25, 0.3) is 0 Å². The summed E-state index contributed by atoms with van der Waals surface area (Å²) in [5.41, 5.74) is 2.91. The number of piperidine rings is 1. The van der Waals surface area contributed by atoms with Crippen LogP contribution in [0.15, 0.2) is 24.5 Å². The molecule has 2 atom stereocenters. The van der Waals surface area contributed by atoms with Crippen LogP contribution in [0, 0.1) is 37.0 Å². The third-order valence-corrected chi connectivity index (χ3v) is 7.35. The molecule has 2 saturated heterocycles. The summed E-state index contributed by atoms with van der Waals surface area (Å²) in [5, 5.41) is 12.4. The molecule has 10 heteroatoms. The summed E-state index contributed by atoms with van der Waals surface area (Å²) in [6, 6.07) is 7.61. The lowest BCUT2D eigenvalue weighted by Gasteiger charge is -2.46. The number of aromatic nitrogens is 2. The fraction of sp³-hybridized carbons (Fsp3) is 0.538. The molecule has 5 rings (SSSR count). The molecule has 36 heavy (non-hydrogen) atoms. The maximum Gasteiger partial charge on any atom is 0.409 e. The molecular weight excluding hydrogens is 462 g/mol. The van der Waals surface area contributed by atoms with Gasteiger partial charge in [-0.15, -0.1) is 0 Å². The summed E-state index contributed by atoms with van der Waals surface area (Å²) < 4.78 is 23.3. The average Bonchev–Trinajstić information content (AvgIpc) is 3.66. The standard InChI is InChI=1S/C26H31N5O5/c1-16-8-18(9-27)4-5-21(16)30-23-17(2)24(29-15-28-23)36-22-19-10-31(11-20(22)13-34-12-19)25(32)35-14-26(33-3)6-7-26/h4-5,8,15,19-20,22H,6-7,10-14H2,1-3H3,(H,28,29,30). The molecule has 2 bridgehead atoms. The topological polar surface area (TPSA) is 119 Å². The highest BCUT2D eigenvalue weighted by Gasteiger charge is 2.47. The molecule has 2 unspecified atom stereocenters. The number of carbonyl (C=O) groups is 1. The molecule has 190 valence electrons. The number of hydrogen-bond donors (Lipinski definition) is 1. The van der Waals surface area contributed by atoms with Crippen molar-refractivity contribution in [3.63, 3.8) is 0 Å². The van der Waals surface area contributed by atoms with E-state index < -0.39 is 0 Å². The molecule has 3 fully saturated rings. The number of carbonyl (C=O) groups excluding carboxylic acids is 1. The molecule has 1 aromatic heterocycles. The maximum absolute atomic E-state index is 12.7. The molecule has 2 aromatic rings. The van der Waals surface area contributed by atoms with Crippen LogP contribution in [-0.4, -0.2) is 72.7 Å². The predicted octanol–water partition coefficient (Wildman–Crippen LogP) is 3.35. The Morgan fingerprint density at radius 3 is 2.64 bits per heavy atom. The lowest BCUT2D eigenvalue weighted by molar-refractivity contribution is -0.111. The number of methoxy groups -OCH3 is 1. The molecule has 1 amide bonds. The van der Waals surface area contributed by atoms with Gasteiger partial charge in [0.15, 0.2) is 0 Å². The summed E-state index contributed by atoms with van der Waals surface area (Å²) in [6.45, 7) is 6.16. The second-order valence-corrected chi connectivity index (χ2v) is 9.91. The van der Waals surface area contributed by atoms with Crippen molar-refractivity contribution >= 4 is 17.6 Å². The van der Waals surface area contributed by atoms with Crippen LogP contribution in [0.3, 0.4) is 0 Å². The normalized spacial score (nSPS) is 23.9. The largest absolute Gasteiger partial charge is 0.473 e. The molecule has 1 saturated carbocycles. The Hall–Kier alpha value is -3.42. The van der Waals surface area contributed by atoms with E-state index in [1.165, 1.54) is 6.33 Å². The Labute approximate surface area is 210 Å². The van der Waals surface area contributed by atoms with Crippen molar-refractivity contribution < 1.29 is 23.7 Å². The number of aryl methyl sites for hydroxylation is 1. The number of anilines is 2. The fourth-order valence-electron chi connectivity index (χ4n) is 4.88. The third-order valence-electron chi connectivity index (χ3n) is 7.35. The fourth-order valence-corrected chi connectivity index (χ4v) is 4.88. The van der Waals surface area contributed by atoms with Crippen molar-refractivity contribution in [2.24, 2.45) is 11.8 Å². The molecule has 2 aliphatic heterocycles. The zero-order valence-corrected chi connectivity index (χ0v) is 20.8. The SMILES string of the molecule is COC1(COC(=O)N2CC3COCC(C2)C3Oc2ncnc(Nc3ccc(C#N)cc3C)c2C)CC1. The van der Waals surface area contributed by atoms with Gasteiger partial charge in [0.05, 0.1) is 30.4 Å². The number of rotatable bonds is 7. The first-order valence-electron chi connectivity index (χ1n) is 12.2. The monoisotopic (exact) mass is 493 g/mol. The van der Waals surface area contributed by atoms with Crippen molar-refractivity contribution in [1.29, 1.82) is 5.26 Å². The van der Waals surface area contributed by atoms with Crippen molar-refractivity contribution in [3.8, 4) is 11.9 Å².